The fourth-order valence-electron chi connectivity index (χ4n) is 2.80. The summed E-state index contributed by atoms with van der Waals surface area (Å²) in [6.07, 6.45) is 0.323. The van der Waals surface area contributed by atoms with Crippen molar-refractivity contribution in [3.8, 4) is 0 Å². The van der Waals surface area contributed by atoms with Crippen LogP contribution in [0.3, 0.4) is 0 Å². The fraction of sp³-hybridized carbons (Fsp3) is 0.375. The molecule has 0 spiro atoms. The molecule has 2 aromatic rings. The first-order valence-corrected chi connectivity index (χ1v) is 9.30. The van der Waals surface area contributed by atoms with Crippen molar-refractivity contribution in [2.75, 3.05) is 12.4 Å². The van der Waals surface area contributed by atoms with E-state index in [9.17, 15) is 13.2 Å². The largest absolute Gasteiger partial charge is 0.347 e. The van der Waals surface area contributed by atoms with Gasteiger partial charge < -0.3 is 5.32 Å². The zero-order chi connectivity index (χ0) is 17.2. The summed E-state index contributed by atoms with van der Waals surface area (Å²) in [6.45, 7) is 2.19. The molecule has 1 aromatic carbocycles. The Balaban J connectivity index is 1.78. The Morgan fingerprint density at radius 3 is 2.88 bits per heavy atom. The van der Waals surface area contributed by atoms with E-state index in [0.29, 0.717) is 24.4 Å². The van der Waals surface area contributed by atoms with Gasteiger partial charge in [-0.05, 0) is 5.56 Å². The number of fused-ring (bicyclic) bond motifs is 1. The lowest BCUT2D eigenvalue weighted by molar-refractivity contribution is 0.0945. The normalized spacial score (nSPS) is 19.8. The Morgan fingerprint density at radius 2 is 2.12 bits per heavy atom. The van der Waals surface area contributed by atoms with Gasteiger partial charge in [-0.2, -0.15) is 13.5 Å². The zero-order valence-electron chi connectivity index (χ0n) is 13.3. The Bertz CT molecular complexity index is 830. The van der Waals surface area contributed by atoms with Gasteiger partial charge in [0.1, 0.15) is 0 Å². The molecule has 24 heavy (non-hydrogen) atoms. The number of nitrogens with zero attached hydrogens (tertiary/aromatic N) is 1. The number of hydrogen-bond acceptors (Lipinski definition) is 5. The average Bonchev–Trinajstić information content (AvgIpc) is 2.95. The molecule has 1 atom stereocenters. The monoisotopic (exact) mass is 349 g/mol. The summed E-state index contributed by atoms with van der Waals surface area (Å²) < 4.78 is 28.3. The lowest BCUT2D eigenvalue weighted by Gasteiger charge is -2.16. The van der Waals surface area contributed by atoms with E-state index < -0.39 is 10.1 Å². The highest BCUT2D eigenvalue weighted by Crippen LogP contribution is 2.25. The van der Waals surface area contributed by atoms with E-state index in [4.69, 9.17) is 4.18 Å². The fourth-order valence-corrected chi connectivity index (χ4v) is 4.01. The highest BCUT2D eigenvalue weighted by molar-refractivity contribution is 7.86. The van der Waals surface area contributed by atoms with Gasteiger partial charge in [-0.25, -0.2) is 0 Å². The van der Waals surface area contributed by atoms with E-state index >= 15 is 0 Å². The van der Waals surface area contributed by atoms with E-state index in [1.807, 2.05) is 30.3 Å². The zero-order valence-corrected chi connectivity index (χ0v) is 14.1. The maximum Gasteiger partial charge on any atom is 0.272 e. The Morgan fingerprint density at radius 1 is 1.38 bits per heavy atom. The number of amides is 1. The molecule has 1 aromatic heterocycles. The minimum atomic E-state index is -3.54. The van der Waals surface area contributed by atoms with Gasteiger partial charge in [0, 0.05) is 30.1 Å². The summed E-state index contributed by atoms with van der Waals surface area (Å²) in [5, 5.41) is 9.77. The first-order chi connectivity index (χ1) is 11.5. The molecular weight excluding hydrogens is 330 g/mol. The molecule has 1 aliphatic rings. The maximum absolute atomic E-state index is 12.4. The summed E-state index contributed by atoms with van der Waals surface area (Å²) in [5.41, 5.74) is 2.71. The highest BCUT2D eigenvalue weighted by atomic mass is 32.2. The third kappa shape index (κ3) is 3.65. The van der Waals surface area contributed by atoms with E-state index in [1.54, 1.807) is 6.92 Å². The summed E-state index contributed by atoms with van der Waals surface area (Å²) >= 11 is 0. The number of hydrogen-bond donors (Lipinski definition) is 2. The standard InChI is InChI=1S/C16H19N3O4S/c1-11-10-24(21,22)23-8-7-13-14(11)18-19-15(13)16(20)17-9-12-5-3-2-4-6-12/h2-6,11H,7-10H2,1H3,(H,17,20)(H,18,19). The number of aromatic nitrogens is 2. The SMILES string of the molecule is CC1CS(=O)(=O)OCCc2c(C(=O)NCc3ccccc3)n[nH]c21. The molecule has 2 heterocycles. The Kier molecular flexibility index (Phi) is 4.68. The first kappa shape index (κ1) is 16.7. The van der Waals surface area contributed by atoms with Crippen molar-refractivity contribution in [2.24, 2.45) is 0 Å². The lowest BCUT2D eigenvalue weighted by Crippen LogP contribution is -2.26. The quantitative estimate of drug-likeness (QED) is 0.815. The van der Waals surface area contributed by atoms with Crippen molar-refractivity contribution >= 4 is 16.0 Å². The van der Waals surface area contributed by atoms with Crippen LogP contribution in [-0.4, -0.2) is 36.9 Å². The van der Waals surface area contributed by atoms with Crippen molar-refractivity contribution in [1.29, 1.82) is 0 Å². The Labute approximate surface area is 140 Å². The van der Waals surface area contributed by atoms with Gasteiger partial charge in [-0.15, -0.1) is 0 Å². The summed E-state index contributed by atoms with van der Waals surface area (Å²) in [4.78, 5) is 12.4. The molecule has 1 unspecified atom stereocenters. The van der Waals surface area contributed by atoms with Gasteiger partial charge in [0.15, 0.2) is 5.69 Å². The van der Waals surface area contributed by atoms with Crippen LogP contribution in [0.25, 0.3) is 0 Å². The number of nitrogens with one attached hydrogen (secondary N) is 2. The molecule has 128 valence electrons. The molecule has 3 rings (SSSR count). The van der Waals surface area contributed by atoms with E-state index in [1.165, 1.54) is 0 Å². The second-order valence-corrected chi connectivity index (χ2v) is 7.51. The van der Waals surface area contributed by atoms with Crippen molar-refractivity contribution in [3.05, 3.63) is 52.8 Å². The molecule has 0 fully saturated rings. The van der Waals surface area contributed by atoms with Crippen molar-refractivity contribution in [1.82, 2.24) is 15.5 Å². The smallest absolute Gasteiger partial charge is 0.272 e. The molecular formula is C16H19N3O4S. The number of benzene rings is 1. The summed E-state index contributed by atoms with van der Waals surface area (Å²) in [6, 6.07) is 9.58. The van der Waals surface area contributed by atoms with Crippen LogP contribution in [-0.2, 0) is 27.3 Å². The van der Waals surface area contributed by atoms with Crippen molar-refractivity contribution in [2.45, 2.75) is 25.8 Å². The lowest BCUT2D eigenvalue weighted by atomic mass is 10.0. The highest BCUT2D eigenvalue weighted by Gasteiger charge is 2.28. The van der Waals surface area contributed by atoms with E-state index in [-0.39, 0.29) is 24.2 Å². The molecule has 2 N–H and O–H groups in total. The number of aromatic amines is 1. The van der Waals surface area contributed by atoms with Gasteiger partial charge in [0.05, 0.1) is 12.4 Å². The summed E-state index contributed by atoms with van der Waals surface area (Å²) in [5.74, 6) is -0.728. The van der Waals surface area contributed by atoms with Crippen LogP contribution in [0.1, 0.15) is 40.2 Å². The second-order valence-electron chi connectivity index (χ2n) is 5.83. The van der Waals surface area contributed by atoms with Gasteiger partial charge in [-0.1, -0.05) is 37.3 Å². The molecule has 8 heteroatoms. The minimum absolute atomic E-state index is 0.0144. The van der Waals surface area contributed by atoms with E-state index in [2.05, 4.69) is 15.5 Å². The first-order valence-electron chi connectivity index (χ1n) is 7.72. The molecule has 7 nitrogen and oxygen atoms in total. The average molecular weight is 349 g/mol. The van der Waals surface area contributed by atoms with Crippen LogP contribution in [0.5, 0.6) is 0 Å². The number of carbonyl (C=O) groups is 1. The molecule has 0 saturated heterocycles. The second kappa shape index (κ2) is 6.74. The van der Waals surface area contributed by atoms with Gasteiger partial charge in [-0.3, -0.25) is 14.1 Å². The van der Waals surface area contributed by atoms with Gasteiger partial charge >= 0.3 is 0 Å². The third-order valence-corrected chi connectivity index (χ3v) is 5.41. The van der Waals surface area contributed by atoms with Crippen LogP contribution in [0.4, 0.5) is 0 Å². The predicted octanol–water partition coefficient (Wildman–Crippen LogP) is 1.35. The molecule has 1 amide bonds. The number of carbonyl (C=O) groups excluding carboxylic acids is 1. The number of H-pyrrole nitrogens is 1. The van der Waals surface area contributed by atoms with Crippen LogP contribution in [0, 0.1) is 0 Å². The topological polar surface area (TPSA) is 101 Å². The van der Waals surface area contributed by atoms with Crippen LogP contribution < -0.4 is 5.32 Å². The van der Waals surface area contributed by atoms with Crippen molar-refractivity contribution < 1.29 is 17.4 Å². The van der Waals surface area contributed by atoms with Crippen LogP contribution in [0.15, 0.2) is 30.3 Å². The van der Waals surface area contributed by atoms with Crippen LogP contribution >= 0.6 is 0 Å². The van der Waals surface area contributed by atoms with E-state index in [0.717, 1.165) is 11.1 Å². The van der Waals surface area contributed by atoms with Gasteiger partial charge in [0.25, 0.3) is 16.0 Å². The molecule has 0 saturated carbocycles. The number of rotatable bonds is 3. The Hall–Kier alpha value is -2.19. The summed E-state index contributed by atoms with van der Waals surface area (Å²) in [7, 11) is -3.54. The predicted molar refractivity (Wildman–Crippen MR) is 88.1 cm³/mol. The van der Waals surface area contributed by atoms with Crippen LogP contribution in [0.2, 0.25) is 0 Å². The molecule has 0 radical (unpaired) electrons. The van der Waals surface area contributed by atoms with Gasteiger partial charge in [0.2, 0.25) is 0 Å². The maximum atomic E-state index is 12.4. The van der Waals surface area contributed by atoms with Crippen molar-refractivity contribution in [3.63, 3.8) is 0 Å². The molecule has 1 aliphatic heterocycles. The minimum Gasteiger partial charge on any atom is -0.347 e. The molecule has 0 aliphatic carbocycles. The molecule has 0 bridgehead atoms. The third-order valence-electron chi connectivity index (χ3n) is 3.97.